The Bertz CT molecular complexity index is 829. The van der Waals surface area contributed by atoms with E-state index in [0.29, 0.717) is 35.9 Å². The van der Waals surface area contributed by atoms with Crippen molar-refractivity contribution >= 4 is 15.7 Å². The van der Waals surface area contributed by atoms with E-state index in [1.165, 1.54) is 38.5 Å². The van der Waals surface area contributed by atoms with E-state index in [9.17, 15) is 8.42 Å². The van der Waals surface area contributed by atoms with Crippen molar-refractivity contribution in [3.8, 4) is 0 Å². The van der Waals surface area contributed by atoms with Crippen molar-refractivity contribution in [3.05, 3.63) is 23.8 Å². The number of hydrogen-bond donors (Lipinski definition) is 1. The van der Waals surface area contributed by atoms with Crippen molar-refractivity contribution in [2.75, 3.05) is 25.0 Å². The average Bonchev–Trinajstić information content (AvgIpc) is 2.79. The van der Waals surface area contributed by atoms with Crippen molar-refractivity contribution < 1.29 is 13.2 Å². The lowest BCUT2D eigenvalue weighted by Crippen LogP contribution is -2.46. The molecule has 3 aliphatic heterocycles. The van der Waals surface area contributed by atoms with Crippen LogP contribution in [0.25, 0.3) is 0 Å². The lowest BCUT2D eigenvalue weighted by Gasteiger charge is -2.47. The highest BCUT2D eigenvalue weighted by molar-refractivity contribution is 7.89. The molecular formula is C23H34N2O3S. The van der Waals surface area contributed by atoms with E-state index in [1.54, 1.807) is 10.4 Å². The van der Waals surface area contributed by atoms with Crippen LogP contribution in [0.2, 0.25) is 0 Å². The van der Waals surface area contributed by atoms with Gasteiger partial charge < -0.3 is 10.1 Å². The van der Waals surface area contributed by atoms with E-state index >= 15 is 0 Å². The Balaban J connectivity index is 1.47. The van der Waals surface area contributed by atoms with Crippen LogP contribution in [0.4, 0.5) is 5.69 Å². The van der Waals surface area contributed by atoms with Crippen LogP contribution < -0.4 is 5.32 Å². The minimum absolute atomic E-state index is 0.0310. The van der Waals surface area contributed by atoms with Crippen LogP contribution in [-0.4, -0.2) is 38.5 Å². The number of sulfonamides is 1. The van der Waals surface area contributed by atoms with Crippen LogP contribution in [0, 0.1) is 11.8 Å². The fourth-order valence-electron chi connectivity index (χ4n) is 6.06. The first-order chi connectivity index (χ1) is 14.1. The fourth-order valence-corrected chi connectivity index (χ4v) is 7.62. The van der Waals surface area contributed by atoms with Crippen LogP contribution in [0.1, 0.15) is 75.9 Å². The predicted molar refractivity (Wildman–Crippen MR) is 114 cm³/mol. The molecule has 160 valence electrons. The summed E-state index contributed by atoms with van der Waals surface area (Å²) < 4.78 is 34.4. The molecule has 0 aromatic heterocycles. The molecule has 2 saturated heterocycles. The largest absolute Gasteiger partial charge is 0.381 e. The minimum Gasteiger partial charge on any atom is -0.381 e. The van der Waals surface area contributed by atoms with Gasteiger partial charge >= 0.3 is 0 Å². The number of benzene rings is 1. The second-order valence-electron chi connectivity index (χ2n) is 9.38. The maximum Gasteiger partial charge on any atom is 0.243 e. The van der Waals surface area contributed by atoms with Gasteiger partial charge in [-0.15, -0.1) is 0 Å². The quantitative estimate of drug-likeness (QED) is 0.773. The van der Waals surface area contributed by atoms with Crippen LogP contribution in [-0.2, 0) is 14.8 Å². The van der Waals surface area contributed by atoms with Crippen LogP contribution in [0.15, 0.2) is 23.1 Å². The van der Waals surface area contributed by atoms with E-state index in [2.05, 4.69) is 5.32 Å². The lowest BCUT2D eigenvalue weighted by molar-refractivity contribution is -0.0459. The highest BCUT2D eigenvalue weighted by atomic mass is 32.2. The molecule has 5 nitrogen and oxygen atoms in total. The Morgan fingerprint density at radius 1 is 0.931 bits per heavy atom. The SMILES string of the molecule is O=S(=O)(c1ccc2c(c1)[C@H]1OCCC[C@H]1C(C1CCCCC1)N2)N1CCCCC1. The second-order valence-corrected chi connectivity index (χ2v) is 11.3. The molecule has 1 N–H and O–H groups in total. The van der Waals surface area contributed by atoms with Gasteiger partial charge in [0.15, 0.2) is 0 Å². The molecular weight excluding hydrogens is 384 g/mol. The van der Waals surface area contributed by atoms with Gasteiger partial charge in [-0.3, -0.25) is 0 Å². The number of fused-ring (bicyclic) bond motifs is 3. The van der Waals surface area contributed by atoms with Gasteiger partial charge in [0.05, 0.1) is 11.0 Å². The zero-order valence-corrected chi connectivity index (χ0v) is 18.1. The molecule has 3 heterocycles. The van der Waals surface area contributed by atoms with Gasteiger partial charge in [-0.2, -0.15) is 4.31 Å². The van der Waals surface area contributed by atoms with E-state index in [0.717, 1.165) is 43.5 Å². The molecule has 0 bridgehead atoms. The van der Waals surface area contributed by atoms with Gasteiger partial charge in [0.1, 0.15) is 0 Å². The van der Waals surface area contributed by atoms with E-state index in [-0.39, 0.29) is 6.10 Å². The third kappa shape index (κ3) is 3.72. The summed E-state index contributed by atoms with van der Waals surface area (Å²) in [5, 5.41) is 3.84. The van der Waals surface area contributed by atoms with Crippen molar-refractivity contribution in [3.63, 3.8) is 0 Å². The summed E-state index contributed by atoms with van der Waals surface area (Å²) in [4.78, 5) is 0.434. The monoisotopic (exact) mass is 418 g/mol. The Labute approximate surface area is 175 Å². The van der Waals surface area contributed by atoms with Crippen molar-refractivity contribution in [2.24, 2.45) is 11.8 Å². The molecule has 29 heavy (non-hydrogen) atoms. The number of nitrogens with zero attached hydrogens (tertiary/aromatic N) is 1. The summed E-state index contributed by atoms with van der Waals surface area (Å²) in [6.45, 7) is 2.06. The van der Waals surface area contributed by atoms with Gasteiger partial charge in [-0.25, -0.2) is 8.42 Å². The van der Waals surface area contributed by atoms with Crippen molar-refractivity contribution in [2.45, 2.75) is 81.2 Å². The number of hydrogen-bond acceptors (Lipinski definition) is 4. The molecule has 5 rings (SSSR count). The number of ether oxygens (including phenoxy) is 1. The maximum absolute atomic E-state index is 13.2. The highest BCUT2D eigenvalue weighted by Gasteiger charge is 2.43. The maximum atomic E-state index is 13.2. The zero-order valence-electron chi connectivity index (χ0n) is 17.3. The summed E-state index contributed by atoms with van der Waals surface area (Å²) >= 11 is 0. The number of nitrogens with one attached hydrogen (secondary N) is 1. The molecule has 3 atom stereocenters. The Morgan fingerprint density at radius 3 is 2.48 bits per heavy atom. The van der Waals surface area contributed by atoms with Gasteiger partial charge in [-0.1, -0.05) is 25.7 Å². The zero-order chi connectivity index (χ0) is 19.8. The smallest absolute Gasteiger partial charge is 0.243 e. The Hall–Kier alpha value is -1.11. The van der Waals surface area contributed by atoms with Crippen LogP contribution in [0.5, 0.6) is 0 Å². The summed E-state index contributed by atoms with van der Waals surface area (Å²) in [5.41, 5.74) is 2.14. The molecule has 0 spiro atoms. The highest BCUT2D eigenvalue weighted by Crippen LogP contribution is 2.48. The van der Waals surface area contributed by atoms with E-state index in [1.807, 2.05) is 12.1 Å². The number of anilines is 1. The first kappa shape index (κ1) is 19.8. The third-order valence-corrected chi connectivity index (χ3v) is 9.49. The second kappa shape index (κ2) is 8.20. The Kier molecular flexibility index (Phi) is 5.61. The van der Waals surface area contributed by atoms with Gasteiger partial charge in [0.2, 0.25) is 10.0 Å². The standard InChI is InChI=1S/C23H34N2O3S/c26-29(27,25-13-5-2-6-14-25)18-11-12-21-20(16-18)23-19(10-7-15-28-23)22(24-21)17-8-3-1-4-9-17/h11-12,16-17,19,22-24H,1-10,13-15H2/t19-,22?,23-/m0/s1. The minimum atomic E-state index is -3.42. The molecule has 1 aliphatic carbocycles. The molecule has 1 aromatic rings. The molecule has 1 unspecified atom stereocenters. The normalized spacial score (nSPS) is 31.5. The first-order valence-corrected chi connectivity index (χ1v) is 13.1. The fraction of sp³-hybridized carbons (Fsp3) is 0.739. The molecule has 1 saturated carbocycles. The molecule has 6 heteroatoms. The third-order valence-electron chi connectivity index (χ3n) is 7.59. The van der Waals surface area contributed by atoms with Crippen LogP contribution >= 0.6 is 0 Å². The average molecular weight is 419 g/mol. The number of piperidine rings is 1. The van der Waals surface area contributed by atoms with Gasteiger partial charge in [0.25, 0.3) is 0 Å². The summed E-state index contributed by atoms with van der Waals surface area (Å²) in [7, 11) is -3.42. The van der Waals surface area contributed by atoms with E-state index < -0.39 is 10.0 Å². The number of rotatable bonds is 3. The molecule has 3 fully saturated rings. The molecule has 0 amide bonds. The van der Waals surface area contributed by atoms with E-state index in [4.69, 9.17) is 4.74 Å². The summed E-state index contributed by atoms with van der Waals surface area (Å²) in [6, 6.07) is 6.16. The lowest BCUT2D eigenvalue weighted by atomic mass is 9.71. The van der Waals surface area contributed by atoms with Crippen molar-refractivity contribution in [1.29, 1.82) is 0 Å². The molecule has 4 aliphatic rings. The Morgan fingerprint density at radius 2 is 1.69 bits per heavy atom. The van der Waals surface area contributed by atoms with Gasteiger partial charge in [-0.05, 0) is 62.6 Å². The van der Waals surface area contributed by atoms with Crippen LogP contribution in [0.3, 0.4) is 0 Å². The van der Waals surface area contributed by atoms with Crippen molar-refractivity contribution in [1.82, 2.24) is 4.31 Å². The summed E-state index contributed by atoms with van der Waals surface area (Å²) in [5.74, 6) is 1.16. The molecule has 0 radical (unpaired) electrons. The predicted octanol–water partition coefficient (Wildman–Crippen LogP) is 4.70. The first-order valence-electron chi connectivity index (χ1n) is 11.7. The van der Waals surface area contributed by atoms with Gasteiger partial charge in [0, 0.05) is 42.9 Å². The summed E-state index contributed by atoms with van der Waals surface area (Å²) in [6.07, 6.45) is 12.0. The molecule has 1 aromatic carbocycles. The topological polar surface area (TPSA) is 58.6 Å².